The topological polar surface area (TPSA) is 55.1 Å². The third-order valence-corrected chi connectivity index (χ3v) is 5.02. The van der Waals surface area contributed by atoms with E-state index in [1.165, 1.54) is 24.0 Å². The van der Waals surface area contributed by atoms with Gasteiger partial charge in [0.25, 0.3) is 0 Å². The van der Waals surface area contributed by atoms with E-state index in [1.54, 1.807) is 0 Å². The van der Waals surface area contributed by atoms with Crippen LogP contribution in [0.25, 0.3) is 0 Å². The van der Waals surface area contributed by atoms with E-state index >= 15 is 0 Å². The molecule has 2 fully saturated rings. The van der Waals surface area contributed by atoms with Crippen LogP contribution in [0.5, 0.6) is 0 Å². The summed E-state index contributed by atoms with van der Waals surface area (Å²) in [7, 11) is 0. The Morgan fingerprint density at radius 3 is 2.55 bits per heavy atom. The van der Waals surface area contributed by atoms with E-state index in [9.17, 15) is 4.79 Å². The summed E-state index contributed by atoms with van der Waals surface area (Å²) in [6.45, 7) is 2.86. The monoisotopic (exact) mass is 272 g/mol. The van der Waals surface area contributed by atoms with Crippen molar-refractivity contribution in [2.45, 2.75) is 56.4 Å². The van der Waals surface area contributed by atoms with Gasteiger partial charge in [-0.05, 0) is 38.2 Å². The molecule has 3 N–H and O–H groups in total. The summed E-state index contributed by atoms with van der Waals surface area (Å²) in [6, 6.07) is 8.73. The first kappa shape index (κ1) is 13.6. The van der Waals surface area contributed by atoms with Crippen LogP contribution in [0.15, 0.2) is 24.3 Å². The van der Waals surface area contributed by atoms with Gasteiger partial charge in [0.15, 0.2) is 0 Å². The molecule has 2 aliphatic carbocycles. The molecule has 1 aromatic rings. The van der Waals surface area contributed by atoms with E-state index in [1.807, 2.05) is 0 Å². The molecule has 0 aromatic heterocycles. The zero-order chi connectivity index (χ0) is 14.2. The SMILES string of the molecule is Cc1cccc(C2(CNC(=O)C3(N)CC3)CCCC2)c1. The average Bonchev–Trinajstić information content (AvgIpc) is 3.02. The maximum atomic E-state index is 12.1. The molecule has 0 heterocycles. The van der Waals surface area contributed by atoms with Gasteiger partial charge in [-0.15, -0.1) is 0 Å². The zero-order valence-corrected chi connectivity index (χ0v) is 12.2. The fourth-order valence-electron chi connectivity index (χ4n) is 3.38. The van der Waals surface area contributed by atoms with Gasteiger partial charge in [-0.3, -0.25) is 4.79 Å². The second kappa shape index (κ2) is 4.88. The molecule has 0 atom stereocenters. The highest BCUT2D eigenvalue weighted by molar-refractivity contribution is 5.89. The molecule has 2 saturated carbocycles. The summed E-state index contributed by atoms with van der Waals surface area (Å²) in [5, 5.41) is 3.12. The van der Waals surface area contributed by atoms with Gasteiger partial charge in [0.2, 0.25) is 5.91 Å². The second-order valence-corrected chi connectivity index (χ2v) is 6.70. The summed E-state index contributed by atoms with van der Waals surface area (Å²) in [4.78, 5) is 12.1. The van der Waals surface area contributed by atoms with Crippen molar-refractivity contribution in [3.05, 3.63) is 35.4 Å². The van der Waals surface area contributed by atoms with Crippen LogP contribution in [0.3, 0.4) is 0 Å². The number of hydrogen-bond donors (Lipinski definition) is 2. The van der Waals surface area contributed by atoms with Crippen molar-refractivity contribution in [2.24, 2.45) is 5.73 Å². The fraction of sp³-hybridized carbons (Fsp3) is 0.588. The Morgan fingerprint density at radius 1 is 1.25 bits per heavy atom. The van der Waals surface area contributed by atoms with Crippen LogP contribution >= 0.6 is 0 Å². The maximum Gasteiger partial charge on any atom is 0.240 e. The first-order valence-electron chi connectivity index (χ1n) is 7.69. The Bertz CT molecular complexity index is 513. The third-order valence-electron chi connectivity index (χ3n) is 5.02. The van der Waals surface area contributed by atoms with Crippen molar-refractivity contribution in [3.8, 4) is 0 Å². The van der Waals surface area contributed by atoms with Crippen LogP contribution in [-0.2, 0) is 10.2 Å². The van der Waals surface area contributed by atoms with Crippen LogP contribution in [0.1, 0.15) is 49.7 Å². The molecular formula is C17H24N2O. The smallest absolute Gasteiger partial charge is 0.240 e. The molecule has 0 saturated heterocycles. The minimum atomic E-state index is -0.563. The lowest BCUT2D eigenvalue weighted by Crippen LogP contribution is -2.47. The third kappa shape index (κ3) is 2.47. The van der Waals surface area contributed by atoms with E-state index in [2.05, 4.69) is 36.5 Å². The van der Waals surface area contributed by atoms with Gasteiger partial charge < -0.3 is 11.1 Å². The van der Waals surface area contributed by atoms with Gasteiger partial charge in [-0.25, -0.2) is 0 Å². The number of benzene rings is 1. The van der Waals surface area contributed by atoms with Crippen molar-refractivity contribution >= 4 is 5.91 Å². The molecule has 0 spiro atoms. The molecule has 1 aromatic carbocycles. The minimum absolute atomic E-state index is 0.0384. The lowest BCUT2D eigenvalue weighted by Gasteiger charge is -2.31. The molecule has 3 rings (SSSR count). The van der Waals surface area contributed by atoms with Crippen molar-refractivity contribution in [3.63, 3.8) is 0 Å². The number of rotatable bonds is 4. The van der Waals surface area contributed by atoms with Crippen LogP contribution < -0.4 is 11.1 Å². The molecule has 0 radical (unpaired) electrons. The van der Waals surface area contributed by atoms with Crippen LogP contribution in [0.2, 0.25) is 0 Å². The van der Waals surface area contributed by atoms with E-state index in [-0.39, 0.29) is 11.3 Å². The molecule has 108 valence electrons. The maximum absolute atomic E-state index is 12.1. The van der Waals surface area contributed by atoms with Crippen molar-refractivity contribution in [1.82, 2.24) is 5.32 Å². The molecular weight excluding hydrogens is 248 g/mol. The zero-order valence-electron chi connectivity index (χ0n) is 12.2. The minimum Gasteiger partial charge on any atom is -0.354 e. The number of nitrogens with two attached hydrogens (primary N) is 1. The summed E-state index contributed by atoms with van der Waals surface area (Å²) in [5.41, 5.74) is 8.19. The van der Waals surface area contributed by atoms with Crippen molar-refractivity contribution in [2.75, 3.05) is 6.54 Å². The van der Waals surface area contributed by atoms with Gasteiger partial charge in [-0.2, -0.15) is 0 Å². The molecule has 3 nitrogen and oxygen atoms in total. The highest BCUT2D eigenvalue weighted by atomic mass is 16.2. The summed E-state index contributed by atoms with van der Waals surface area (Å²) < 4.78 is 0. The number of aryl methyl sites for hydroxylation is 1. The Morgan fingerprint density at radius 2 is 1.95 bits per heavy atom. The second-order valence-electron chi connectivity index (χ2n) is 6.70. The van der Waals surface area contributed by atoms with Crippen LogP contribution in [-0.4, -0.2) is 18.0 Å². The summed E-state index contributed by atoms with van der Waals surface area (Å²) in [6.07, 6.45) is 6.48. The molecule has 1 amide bonds. The van der Waals surface area contributed by atoms with Crippen molar-refractivity contribution < 1.29 is 4.79 Å². The molecule has 3 heteroatoms. The highest BCUT2D eigenvalue weighted by Gasteiger charge is 2.47. The fourth-order valence-corrected chi connectivity index (χ4v) is 3.38. The number of hydrogen-bond acceptors (Lipinski definition) is 2. The number of amides is 1. The van der Waals surface area contributed by atoms with E-state index < -0.39 is 5.54 Å². The first-order valence-corrected chi connectivity index (χ1v) is 7.69. The first-order chi connectivity index (χ1) is 9.54. The van der Waals surface area contributed by atoms with Crippen molar-refractivity contribution in [1.29, 1.82) is 0 Å². The predicted octanol–water partition coefficient (Wildman–Crippen LogP) is 2.41. The van der Waals surface area contributed by atoms with Gasteiger partial charge in [0.1, 0.15) is 0 Å². The number of nitrogens with one attached hydrogen (secondary N) is 1. The summed E-state index contributed by atoms with van der Waals surface area (Å²) in [5.74, 6) is 0.0384. The Kier molecular flexibility index (Phi) is 3.33. The van der Waals surface area contributed by atoms with Crippen LogP contribution in [0, 0.1) is 6.92 Å². The number of carbonyl (C=O) groups is 1. The molecule has 0 bridgehead atoms. The molecule has 2 aliphatic rings. The van der Waals surface area contributed by atoms with Gasteiger partial charge in [0, 0.05) is 12.0 Å². The van der Waals surface area contributed by atoms with Crippen LogP contribution in [0.4, 0.5) is 0 Å². The summed E-state index contributed by atoms with van der Waals surface area (Å²) >= 11 is 0. The Hall–Kier alpha value is -1.35. The Labute approximate surface area is 120 Å². The van der Waals surface area contributed by atoms with Gasteiger partial charge in [0.05, 0.1) is 5.54 Å². The lowest BCUT2D eigenvalue weighted by atomic mass is 9.78. The molecule has 20 heavy (non-hydrogen) atoms. The largest absolute Gasteiger partial charge is 0.354 e. The van der Waals surface area contributed by atoms with E-state index in [0.717, 1.165) is 32.2 Å². The standard InChI is InChI=1S/C17H24N2O/c1-13-5-4-6-14(11-13)16(7-2-3-8-16)12-19-15(20)17(18)9-10-17/h4-6,11H,2-3,7-10,12,18H2,1H3,(H,19,20). The normalized spacial score (nSPS) is 22.5. The molecule has 0 unspecified atom stereocenters. The molecule has 0 aliphatic heterocycles. The van der Waals surface area contributed by atoms with E-state index in [0.29, 0.717) is 0 Å². The van der Waals surface area contributed by atoms with Gasteiger partial charge >= 0.3 is 0 Å². The average molecular weight is 272 g/mol. The predicted molar refractivity (Wildman–Crippen MR) is 80.5 cm³/mol. The van der Waals surface area contributed by atoms with E-state index in [4.69, 9.17) is 5.73 Å². The quantitative estimate of drug-likeness (QED) is 0.884. The van der Waals surface area contributed by atoms with Gasteiger partial charge in [-0.1, -0.05) is 42.7 Å². The number of carbonyl (C=O) groups excluding carboxylic acids is 1. The highest BCUT2D eigenvalue weighted by Crippen LogP contribution is 2.41. The lowest BCUT2D eigenvalue weighted by molar-refractivity contribution is -0.123. The Balaban J connectivity index is 1.76.